The first kappa shape index (κ1) is 13.6. The maximum atomic E-state index is 5.90. The second-order valence-corrected chi connectivity index (χ2v) is 5.27. The molecule has 1 N–H and O–H groups in total. The molecule has 2 rings (SSSR count). The minimum absolute atomic E-state index is 0.737. The molecule has 0 amide bonds. The van der Waals surface area contributed by atoms with E-state index >= 15 is 0 Å². The van der Waals surface area contributed by atoms with Crippen molar-refractivity contribution in [3.05, 3.63) is 39.7 Å². The molecule has 0 saturated heterocycles. The summed E-state index contributed by atoms with van der Waals surface area (Å²) in [6.07, 6.45) is 0.902. The first-order valence-electron chi connectivity index (χ1n) is 5.75. The number of imidazole rings is 1. The third kappa shape index (κ3) is 2.76. The zero-order valence-electron chi connectivity index (χ0n) is 10.4. The summed E-state index contributed by atoms with van der Waals surface area (Å²) in [6, 6.07) is 7.73. The Morgan fingerprint density at radius 3 is 2.61 bits per heavy atom. The van der Waals surface area contributed by atoms with E-state index in [0.717, 1.165) is 39.7 Å². The van der Waals surface area contributed by atoms with Gasteiger partial charge in [-0.3, -0.25) is 0 Å². The summed E-state index contributed by atoms with van der Waals surface area (Å²) in [4.78, 5) is 4.68. The fourth-order valence-corrected chi connectivity index (χ4v) is 2.42. The molecule has 0 aliphatic rings. The van der Waals surface area contributed by atoms with Crippen molar-refractivity contribution < 1.29 is 0 Å². The molecule has 0 aliphatic carbocycles. The van der Waals surface area contributed by atoms with Crippen LogP contribution in [0.15, 0.2) is 28.9 Å². The molecule has 0 radical (unpaired) electrons. The number of rotatable bonds is 4. The molecular formula is C13H15BrClN3. The fourth-order valence-electron chi connectivity index (χ4n) is 1.77. The average molecular weight is 329 g/mol. The number of halogens is 2. The highest BCUT2D eigenvalue weighted by Gasteiger charge is 2.13. The van der Waals surface area contributed by atoms with Crippen LogP contribution in [0.3, 0.4) is 0 Å². The normalized spacial score (nSPS) is 10.9. The van der Waals surface area contributed by atoms with E-state index in [1.807, 2.05) is 38.4 Å². The maximum Gasteiger partial charge on any atom is 0.112 e. The summed E-state index contributed by atoms with van der Waals surface area (Å²) in [6.45, 7) is 0.914. The number of likely N-dealkylation sites (N-methyl/N-ethyl adjacent to an activating group) is 1. The quantitative estimate of drug-likeness (QED) is 0.933. The Kier molecular flexibility index (Phi) is 4.43. The van der Waals surface area contributed by atoms with Crippen molar-refractivity contribution in [2.24, 2.45) is 7.05 Å². The van der Waals surface area contributed by atoms with Crippen molar-refractivity contribution in [3.8, 4) is 11.3 Å². The third-order valence-corrected chi connectivity index (χ3v) is 3.99. The van der Waals surface area contributed by atoms with Crippen molar-refractivity contribution in [2.75, 3.05) is 13.6 Å². The Balaban J connectivity index is 2.36. The van der Waals surface area contributed by atoms with Gasteiger partial charge in [0.25, 0.3) is 0 Å². The number of aromatic nitrogens is 2. The van der Waals surface area contributed by atoms with Crippen LogP contribution in [0.1, 0.15) is 5.82 Å². The molecule has 1 aromatic carbocycles. The van der Waals surface area contributed by atoms with Gasteiger partial charge in [-0.25, -0.2) is 4.98 Å². The zero-order chi connectivity index (χ0) is 13.1. The van der Waals surface area contributed by atoms with Gasteiger partial charge in [0.2, 0.25) is 0 Å². The Labute approximate surface area is 120 Å². The standard InChI is InChI=1S/C13H15BrClN3/c1-16-8-7-11-17-12(13(14)18(11)2)9-3-5-10(15)6-4-9/h3-6,16H,7-8H2,1-2H3. The van der Waals surface area contributed by atoms with Gasteiger partial charge in [-0.1, -0.05) is 23.7 Å². The Morgan fingerprint density at radius 1 is 1.33 bits per heavy atom. The lowest BCUT2D eigenvalue weighted by Gasteiger charge is -2.01. The van der Waals surface area contributed by atoms with Gasteiger partial charge in [-0.05, 0) is 35.1 Å². The number of benzene rings is 1. The summed E-state index contributed by atoms with van der Waals surface area (Å²) in [5.41, 5.74) is 2.03. The summed E-state index contributed by atoms with van der Waals surface area (Å²) >= 11 is 9.49. The van der Waals surface area contributed by atoms with Crippen LogP contribution in [-0.2, 0) is 13.5 Å². The van der Waals surface area contributed by atoms with Crippen molar-refractivity contribution >= 4 is 27.5 Å². The smallest absolute Gasteiger partial charge is 0.112 e. The first-order chi connectivity index (χ1) is 8.63. The van der Waals surface area contributed by atoms with Gasteiger partial charge < -0.3 is 9.88 Å². The molecule has 0 unspecified atom stereocenters. The second kappa shape index (κ2) is 5.87. The van der Waals surface area contributed by atoms with Gasteiger partial charge in [0.15, 0.2) is 0 Å². The van der Waals surface area contributed by atoms with Crippen LogP contribution < -0.4 is 5.32 Å². The maximum absolute atomic E-state index is 5.90. The minimum Gasteiger partial charge on any atom is -0.325 e. The molecule has 2 aromatic rings. The average Bonchev–Trinajstić information content (AvgIpc) is 2.65. The van der Waals surface area contributed by atoms with E-state index in [1.165, 1.54) is 0 Å². The predicted molar refractivity (Wildman–Crippen MR) is 79.0 cm³/mol. The molecule has 0 atom stereocenters. The Bertz CT molecular complexity index is 534. The highest BCUT2D eigenvalue weighted by molar-refractivity contribution is 9.10. The number of nitrogens with zero attached hydrogens (tertiary/aromatic N) is 2. The van der Waals surface area contributed by atoms with Crippen LogP contribution in [0.4, 0.5) is 0 Å². The first-order valence-corrected chi connectivity index (χ1v) is 6.92. The minimum atomic E-state index is 0.737. The van der Waals surface area contributed by atoms with Crippen LogP contribution in [0.5, 0.6) is 0 Å². The summed E-state index contributed by atoms with van der Waals surface area (Å²) in [5.74, 6) is 1.06. The third-order valence-electron chi connectivity index (χ3n) is 2.83. The van der Waals surface area contributed by atoms with Gasteiger partial charge in [0.05, 0.1) is 0 Å². The van der Waals surface area contributed by atoms with Crippen molar-refractivity contribution in [2.45, 2.75) is 6.42 Å². The number of hydrogen-bond donors (Lipinski definition) is 1. The largest absolute Gasteiger partial charge is 0.325 e. The molecule has 0 bridgehead atoms. The SMILES string of the molecule is CNCCc1nc(-c2ccc(Cl)cc2)c(Br)n1C. The lowest BCUT2D eigenvalue weighted by atomic mass is 10.2. The molecule has 3 nitrogen and oxygen atoms in total. The zero-order valence-corrected chi connectivity index (χ0v) is 12.7. The second-order valence-electron chi connectivity index (χ2n) is 4.09. The van der Waals surface area contributed by atoms with Gasteiger partial charge >= 0.3 is 0 Å². The van der Waals surface area contributed by atoms with E-state index in [1.54, 1.807) is 0 Å². The predicted octanol–water partition coefficient (Wildman–Crippen LogP) is 3.26. The highest BCUT2D eigenvalue weighted by atomic mass is 79.9. The van der Waals surface area contributed by atoms with Crippen LogP contribution in [-0.4, -0.2) is 23.1 Å². The van der Waals surface area contributed by atoms with Crippen LogP contribution in [0.25, 0.3) is 11.3 Å². The van der Waals surface area contributed by atoms with E-state index in [-0.39, 0.29) is 0 Å². The lowest BCUT2D eigenvalue weighted by Crippen LogP contribution is -2.13. The molecular weight excluding hydrogens is 314 g/mol. The molecule has 0 spiro atoms. The van der Waals surface area contributed by atoms with Gasteiger partial charge in [0.1, 0.15) is 16.1 Å². The molecule has 18 heavy (non-hydrogen) atoms. The lowest BCUT2D eigenvalue weighted by molar-refractivity contribution is 0.713. The topological polar surface area (TPSA) is 29.9 Å². The highest BCUT2D eigenvalue weighted by Crippen LogP contribution is 2.29. The van der Waals surface area contributed by atoms with Crippen molar-refractivity contribution in [1.82, 2.24) is 14.9 Å². The van der Waals surface area contributed by atoms with E-state index < -0.39 is 0 Å². The molecule has 0 saturated carbocycles. The molecule has 0 aliphatic heterocycles. The Hall–Kier alpha value is -0.840. The summed E-state index contributed by atoms with van der Waals surface area (Å²) < 4.78 is 3.07. The van der Waals surface area contributed by atoms with Crippen LogP contribution >= 0.6 is 27.5 Å². The summed E-state index contributed by atoms with van der Waals surface area (Å²) in [5, 5.41) is 3.87. The Morgan fingerprint density at radius 2 is 2.00 bits per heavy atom. The molecule has 5 heteroatoms. The van der Waals surface area contributed by atoms with E-state index in [0.29, 0.717) is 0 Å². The van der Waals surface area contributed by atoms with E-state index in [9.17, 15) is 0 Å². The van der Waals surface area contributed by atoms with Gasteiger partial charge in [-0.15, -0.1) is 0 Å². The molecule has 96 valence electrons. The fraction of sp³-hybridized carbons (Fsp3) is 0.308. The summed E-state index contributed by atoms with van der Waals surface area (Å²) in [7, 11) is 3.96. The van der Waals surface area contributed by atoms with Gasteiger partial charge in [-0.2, -0.15) is 0 Å². The van der Waals surface area contributed by atoms with E-state index in [4.69, 9.17) is 11.6 Å². The van der Waals surface area contributed by atoms with Crippen molar-refractivity contribution in [3.63, 3.8) is 0 Å². The molecule has 0 fully saturated rings. The molecule has 1 heterocycles. The van der Waals surface area contributed by atoms with Crippen LogP contribution in [0.2, 0.25) is 5.02 Å². The van der Waals surface area contributed by atoms with Gasteiger partial charge in [0, 0.05) is 30.6 Å². The van der Waals surface area contributed by atoms with Crippen LogP contribution in [0, 0.1) is 0 Å². The van der Waals surface area contributed by atoms with E-state index in [2.05, 4.69) is 30.8 Å². The van der Waals surface area contributed by atoms with Crippen molar-refractivity contribution in [1.29, 1.82) is 0 Å². The number of hydrogen-bond acceptors (Lipinski definition) is 2. The monoisotopic (exact) mass is 327 g/mol. The number of nitrogens with one attached hydrogen (secondary N) is 1. The molecule has 1 aromatic heterocycles.